The zero-order chi connectivity index (χ0) is 19.2. The molecule has 0 spiro atoms. The van der Waals surface area contributed by atoms with Crippen molar-refractivity contribution >= 4 is 28.2 Å². The van der Waals surface area contributed by atoms with E-state index in [1.165, 1.54) is 21.1 Å². The van der Waals surface area contributed by atoms with Crippen molar-refractivity contribution in [2.45, 2.75) is 6.92 Å². The monoisotopic (exact) mass is 389 g/mol. The molecule has 1 fully saturated rings. The molecule has 0 aliphatic carbocycles. The summed E-state index contributed by atoms with van der Waals surface area (Å²) in [4.78, 5) is 27.9. The zero-order valence-corrected chi connectivity index (χ0v) is 16.7. The highest BCUT2D eigenvalue weighted by Gasteiger charge is 2.26. The van der Waals surface area contributed by atoms with E-state index in [1.54, 1.807) is 6.92 Å². The van der Waals surface area contributed by atoms with Gasteiger partial charge in [0.1, 0.15) is 36.7 Å². The van der Waals surface area contributed by atoms with E-state index in [1.807, 2.05) is 35.7 Å². The number of ether oxygens (including phenoxy) is 1. The molecule has 2 aromatic rings. The number of nitrogens with one attached hydrogen (secondary N) is 3. The van der Waals surface area contributed by atoms with Gasteiger partial charge < -0.3 is 19.9 Å². The van der Waals surface area contributed by atoms with Crippen molar-refractivity contribution in [2.75, 3.05) is 51.7 Å². The van der Waals surface area contributed by atoms with Crippen molar-refractivity contribution in [1.29, 1.82) is 0 Å². The van der Waals surface area contributed by atoms with Gasteiger partial charge in [-0.25, -0.2) is 4.79 Å². The molecule has 1 aliphatic heterocycles. The standard InChI is InChI=1S/C20H25N3O3S/c1-3-26-20(25)18-16(15-7-5-4-6-8-15)14-27-19(18)21-17(24)13-23-11-9-22(2)10-12-23/h4-8,14H,3,9-13H2,1-2H3,(H,21,24)/p+2. The fraction of sp³-hybridized carbons (Fsp3) is 0.400. The van der Waals surface area contributed by atoms with Crippen molar-refractivity contribution in [3.63, 3.8) is 0 Å². The van der Waals surface area contributed by atoms with E-state index in [-0.39, 0.29) is 5.91 Å². The Bertz CT molecular complexity index is 783. The van der Waals surface area contributed by atoms with Crippen LogP contribution in [0.15, 0.2) is 35.7 Å². The van der Waals surface area contributed by atoms with Gasteiger partial charge in [0, 0.05) is 10.9 Å². The molecule has 2 heterocycles. The average molecular weight is 390 g/mol. The number of rotatable bonds is 6. The number of piperazine rings is 1. The van der Waals surface area contributed by atoms with Crippen LogP contribution in [0.25, 0.3) is 11.1 Å². The molecule has 1 aromatic heterocycles. The minimum atomic E-state index is -0.400. The molecular formula is C20H27N3O3S+2. The lowest BCUT2D eigenvalue weighted by atomic mass is 10.0. The molecule has 0 unspecified atom stereocenters. The molecule has 0 radical (unpaired) electrons. The first kappa shape index (κ1) is 19.5. The van der Waals surface area contributed by atoms with E-state index < -0.39 is 5.97 Å². The Morgan fingerprint density at radius 2 is 1.85 bits per heavy atom. The highest BCUT2D eigenvalue weighted by Crippen LogP contribution is 2.36. The number of hydrogen-bond donors (Lipinski definition) is 3. The molecule has 1 amide bonds. The molecule has 3 rings (SSSR count). The minimum absolute atomic E-state index is 0.0587. The Kier molecular flexibility index (Phi) is 6.60. The molecule has 27 heavy (non-hydrogen) atoms. The Labute approximate surface area is 163 Å². The minimum Gasteiger partial charge on any atom is -0.462 e. The first-order chi connectivity index (χ1) is 13.1. The van der Waals surface area contributed by atoms with Crippen LogP contribution in [0.3, 0.4) is 0 Å². The number of likely N-dealkylation sites (N-methyl/N-ethyl adjacent to an activating group) is 1. The van der Waals surface area contributed by atoms with Crippen LogP contribution in [0.5, 0.6) is 0 Å². The van der Waals surface area contributed by atoms with Gasteiger partial charge in [0.15, 0.2) is 6.54 Å². The number of hydrogen-bond acceptors (Lipinski definition) is 4. The molecule has 0 bridgehead atoms. The van der Waals surface area contributed by atoms with Crippen LogP contribution < -0.4 is 15.1 Å². The molecule has 0 saturated carbocycles. The lowest BCUT2D eigenvalue weighted by molar-refractivity contribution is -0.999. The number of benzene rings is 1. The maximum absolute atomic E-state index is 12.6. The first-order valence-electron chi connectivity index (χ1n) is 9.37. The zero-order valence-electron chi connectivity index (χ0n) is 15.8. The second-order valence-electron chi connectivity index (χ2n) is 6.87. The largest absolute Gasteiger partial charge is 0.462 e. The molecule has 1 aromatic carbocycles. The van der Waals surface area contributed by atoms with Crippen LogP contribution in [0, 0.1) is 0 Å². The van der Waals surface area contributed by atoms with Crippen molar-refractivity contribution in [2.24, 2.45) is 0 Å². The second-order valence-corrected chi connectivity index (χ2v) is 7.75. The van der Waals surface area contributed by atoms with Gasteiger partial charge >= 0.3 is 5.97 Å². The van der Waals surface area contributed by atoms with E-state index in [4.69, 9.17) is 4.74 Å². The Balaban J connectivity index is 1.77. The topological polar surface area (TPSA) is 64.3 Å². The molecule has 1 aliphatic rings. The third-order valence-electron chi connectivity index (χ3n) is 4.83. The predicted octanol–water partition coefficient (Wildman–Crippen LogP) is -0.0565. The average Bonchev–Trinajstić information content (AvgIpc) is 3.08. The summed E-state index contributed by atoms with van der Waals surface area (Å²) in [7, 11) is 2.18. The summed E-state index contributed by atoms with van der Waals surface area (Å²) in [5.74, 6) is -0.458. The smallest absolute Gasteiger partial charge is 0.341 e. The molecule has 0 atom stereocenters. The van der Waals surface area contributed by atoms with Gasteiger partial charge in [-0.05, 0) is 12.5 Å². The van der Waals surface area contributed by atoms with Gasteiger partial charge in [0.2, 0.25) is 0 Å². The lowest BCUT2D eigenvalue weighted by Crippen LogP contribution is -3.27. The van der Waals surface area contributed by atoms with Crippen molar-refractivity contribution in [1.82, 2.24) is 0 Å². The first-order valence-corrected chi connectivity index (χ1v) is 10.2. The van der Waals surface area contributed by atoms with Crippen molar-refractivity contribution in [3.8, 4) is 11.1 Å². The Morgan fingerprint density at radius 3 is 2.52 bits per heavy atom. The van der Waals surface area contributed by atoms with Crippen LogP contribution in [0.1, 0.15) is 17.3 Å². The van der Waals surface area contributed by atoms with Gasteiger partial charge in [-0.15, -0.1) is 11.3 Å². The number of anilines is 1. The third-order valence-corrected chi connectivity index (χ3v) is 5.72. The summed E-state index contributed by atoms with van der Waals surface area (Å²) < 4.78 is 5.24. The molecule has 3 N–H and O–H groups in total. The Hall–Kier alpha value is -2.22. The number of amides is 1. The fourth-order valence-corrected chi connectivity index (χ4v) is 4.26. The summed E-state index contributed by atoms with van der Waals surface area (Å²) in [5, 5.41) is 5.42. The molecule has 7 heteroatoms. The van der Waals surface area contributed by atoms with Crippen molar-refractivity contribution in [3.05, 3.63) is 41.3 Å². The summed E-state index contributed by atoms with van der Waals surface area (Å²) in [5.41, 5.74) is 2.18. The highest BCUT2D eigenvalue weighted by molar-refractivity contribution is 7.15. The predicted molar refractivity (Wildman–Crippen MR) is 107 cm³/mol. The SMILES string of the molecule is CCOC(=O)c1c(-c2ccccc2)csc1NC(=O)C[NH+]1CC[NH+](C)CC1. The molecule has 6 nitrogen and oxygen atoms in total. The van der Waals surface area contributed by atoms with E-state index in [0.717, 1.165) is 37.3 Å². The van der Waals surface area contributed by atoms with E-state index >= 15 is 0 Å². The highest BCUT2D eigenvalue weighted by atomic mass is 32.1. The van der Waals surface area contributed by atoms with Gasteiger partial charge in [0.25, 0.3) is 5.91 Å². The maximum Gasteiger partial charge on any atom is 0.341 e. The normalized spacial score (nSPS) is 19.5. The van der Waals surface area contributed by atoms with Gasteiger partial charge in [-0.3, -0.25) is 4.79 Å². The third kappa shape index (κ3) is 4.94. The van der Waals surface area contributed by atoms with Crippen LogP contribution in [-0.2, 0) is 9.53 Å². The van der Waals surface area contributed by atoms with Gasteiger partial charge in [-0.1, -0.05) is 30.3 Å². The van der Waals surface area contributed by atoms with Crippen molar-refractivity contribution < 1.29 is 24.1 Å². The van der Waals surface area contributed by atoms with Gasteiger partial charge in [0.05, 0.1) is 13.7 Å². The number of thiophene rings is 1. The molecular weight excluding hydrogens is 362 g/mol. The maximum atomic E-state index is 12.6. The van der Waals surface area contributed by atoms with E-state index in [2.05, 4.69) is 12.4 Å². The van der Waals surface area contributed by atoms with E-state index in [9.17, 15) is 9.59 Å². The van der Waals surface area contributed by atoms with Gasteiger partial charge in [-0.2, -0.15) is 0 Å². The van der Waals surface area contributed by atoms with E-state index in [0.29, 0.717) is 23.7 Å². The van der Waals surface area contributed by atoms with Crippen LogP contribution >= 0.6 is 11.3 Å². The summed E-state index contributed by atoms with van der Waals surface area (Å²) in [6.45, 7) is 6.64. The Morgan fingerprint density at radius 1 is 1.15 bits per heavy atom. The second kappa shape index (κ2) is 9.12. The lowest BCUT2D eigenvalue weighted by Gasteiger charge is -2.26. The summed E-state index contributed by atoms with van der Waals surface area (Å²) in [6.07, 6.45) is 0. The van der Waals surface area contributed by atoms with Crippen LogP contribution in [-0.4, -0.2) is 58.3 Å². The summed E-state index contributed by atoms with van der Waals surface area (Å²) in [6, 6.07) is 9.70. The molecule has 1 saturated heterocycles. The number of carbonyl (C=O) groups is 2. The summed E-state index contributed by atoms with van der Waals surface area (Å²) >= 11 is 1.37. The van der Waals surface area contributed by atoms with Crippen LogP contribution in [0.4, 0.5) is 5.00 Å². The quantitative estimate of drug-likeness (QED) is 0.607. The van der Waals surface area contributed by atoms with Crippen LogP contribution in [0.2, 0.25) is 0 Å². The number of carbonyl (C=O) groups excluding carboxylic acids is 2. The molecule has 144 valence electrons. The number of quaternary nitrogens is 2. The fourth-order valence-electron chi connectivity index (χ4n) is 3.29. The number of esters is 1.